The van der Waals surface area contributed by atoms with E-state index >= 15 is 0 Å². The summed E-state index contributed by atoms with van der Waals surface area (Å²) in [5.41, 5.74) is 1.21. The molecular formula is C20H24N4O2S. The molecule has 0 aliphatic heterocycles. The van der Waals surface area contributed by atoms with E-state index in [1.165, 1.54) is 17.3 Å². The van der Waals surface area contributed by atoms with Crippen molar-refractivity contribution in [2.24, 2.45) is 0 Å². The van der Waals surface area contributed by atoms with Crippen molar-refractivity contribution in [2.75, 3.05) is 6.54 Å². The zero-order chi connectivity index (χ0) is 19.2. The summed E-state index contributed by atoms with van der Waals surface area (Å²) in [5, 5.41) is 11.9. The van der Waals surface area contributed by atoms with Gasteiger partial charge >= 0.3 is 0 Å². The minimum atomic E-state index is -0.271. The van der Waals surface area contributed by atoms with Gasteiger partial charge in [-0.05, 0) is 37.5 Å². The summed E-state index contributed by atoms with van der Waals surface area (Å²) >= 11 is 1.40. The predicted octanol–water partition coefficient (Wildman–Crippen LogP) is 3.96. The third-order valence-electron chi connectivity index (χ3n) is 4.38. The Kier molecular flexibility index (Phi) is 6.34. The van der Waals surface area contributed by atoms with E-state index in [2.05, 4.69) is 34.6 Å². The molecule has 6 nitrogen and oxygen atoms in total. The van der Waals surface area contributed by atoms with Crippen LogP contribution in [0.3, 0.4) is 0 Å². The predicted molar refractivity (Wildman–Crippen MR) is 107 cm³/mol. The lowest BCUT2D eigenvalue weighted by atomic mass is 10.0. The number of amides is 1. The Morgan fingerprint density at radius 1 is 1.19 bits per heavy atom. The number of benzene rings is 1. The second kappa shape index (κ2) is 8.90. The maximum atomic E-state index is 12.5. The van der Waals surface area contributed by atoms with E-state index in [1.54, 1.807) is 6.26 Å². The molecular weight excluding hydrogens is 360 g/mol. The van der Waals surface area contributed by atoms with Gasteiger partial charge in [-0.15, -0.1) is 10.2 Å². The molecule has 0 aliphatic carbocycles. The number of nitrogens with zero attached hydrogens (tertiary/aromatic N) is 3. The van der Waals surface area contributed by atoms with Crippen molar-refractivity contribution < 1.29 is 9.21 Å². The monoisotopic (exact) mass is 384 g/mol. The molecule has 1 N–H and O–H groups in total. The third-order valence-corrected chi connectivity index (χ3v) is 5.46. The van der Waals surface area contributed by atoms with Crippen LogP contribution < -0.4 is 5.32 Å². The van der Waals surface area contributed by atoms with Gasteiger partial charge < -0.3 is 9.73 Å². The SMILES string of the molecule is CCn1c(SC(C)C(=O)NCC(C)c2ccccc2)nnc1-c1ccco1. The summed E-state index contributed by atoms with van der Waals surface area (Å²) in [4.78, 5) is 12.5. The zero-order valence-corrected chi connectivity index (χ0v) is 16.6. The molecule has 0 saturated heterocycles. The molecule has 0 spiro atoms. The highest BCUT2D eigenvalue weighted by molar-refractivity contribution is 8.00. The summed E-state index contributed by atoms with van der Waals surface area (Å²) in [5.74, 6) is 1.60. The van der Waals surface area contributed by atoms with E-state index in [4.69, 9.17) is 4.42 Å². The van der Waals surface area contributed by atoms with Gasteiger partial charge in [-0.2, -0.15) is 0 Å². The lowest BCUT2D eigenvalue weighted by Gasteiger charge is -2.16. The fraction of sp³-hybridized carbons (Fsp3) is 0.350. The van der Waals surface area contributed by atoms with Crippen molar-refractivity contribution in [3.8, 4) is 11.6 Å². The van der Waals surface area contributed by atoms with Crippen molar-refractivity contribution in [1.82, 2.24) is 20.1 Å². The molecule has 3 aromatic rings. The smallest absolute Gasteiger partial charge is 0.233 e. The summed E-state index contributed by atoms with van der Waals surface area (Å²) in [6, 6.07) is 13.9. The largest absolute Gasteiger partial charge is 0.461 e. The molecule has 7 heteroatoms. The van der Waals surface area contributed by atoms with Crippen molar-refractivity contribution in [3.05, 3.63) is 54.3 Å². The number of carbonyl (C=O) groups excluding carboxylic acids is 1. The summed E-state index contributed by atoms with van der Waals surface area (Å²) in [6.45, 7) is 7.31. The van der Waals surface area contributed by atoms with Gasteiger partial charge in [0.15, 0.2) is 16.7 Å². The van der Waals surface area contributed by atoms with E-state index in [-0.39, 0.29) is 17.1 Å². The topological polar surface area (TPSA) is 73.0 Å². The van der Waals surface area contributed by atoms with Gasteiger partial charge in [0.1, 0.15) is 0 Å². The quantitative estimate of drug-likeness (QED) is 0.595. The first-order valence-electron chi connectivity index (χ1n) is 9.06. The van der Waals surface area contributed by atoms with Gasteiger partial charge in [0.25, 0.3) is 0 Å². The van der Waals surface area contributed by atoms with Crippen molar-refractivity contribution in [2.45, 2.75) is 43.6 Å². The number of hydrogen-bond donors (Lipinski definition) is 1. The standard InChI is InChI=1S/C20H24N4O2S/c1-4-24-18(17-11-8-12-26-17)22-23-20(24)27-15(3)19(25)21-13-14(2)16-9-6-5-7-10-16/h5-12,14-15H,4,13H2,1-3H3,(H,21,25). The lowest BCUT2D eigenvalue weighted by molar-refractivity contribution is -0.120. The minimum Gasteiger partial charge on any atom is -0.461 e. The Hall–Kier alpha value is -2.54. The molecule has 0 radical (unpaired) electrons. The van der Waals surface area contributed by atoms with Crippen LogP contribution in [0, 0.1) is 0 Å². The van der Waals surface area contributed by atoms with E-state index in [0.29, 0.717) is 29.8 Å². The van der Waals surface area contributed by atoms with Crippen LogP contribution >= 0.6 is 11.8 Å². The molecule has 2 aromatic heterocycles. The van der Waals surface area contributed by atoms with Crippen LogP contribution in [-0.2, 0) is 11.3 Å². The van der Waals surface area contributed by atoms with Crippen LogP contribution in [-0.4, -0.2) is 32.5 Å². The van der Waals surface area contributed by atoms with Crippen LogP contribution in [0.2, 0.25) is 0 Å². The Balaban J connectivity index is 1.60. The molecule has 0 bridgehead atoms. The lowest BCUT2D eigenvalue weighted by Crippen LogP contribution is -2.33. The van der Waals surface area contributed by atoms with Gasteiger partial charge in [0.2, 0.25) is 5.91 Å². The molecule has 1 amide bonds. The van der Waals surface area contributed by atoms with Gasteiger partial charge in [-0.3, -0.25) is 9.36 Å². The van der Waals surface area contributed by atoms with Crippen molar-refractivity contribution >= 4 is 17.7 Å². The first-order valence-corrected chi connectivity index (χ1v) is 9.94. The first kappa shape index (κ1) is 19.2. The third kappa shape index (κ3) is 4.60. The Bertz CT molecular complexity index is 862. The molecule has 1 aromatic carbocycles. The number of aromatic nitrogens is 3. The normalized spacial score (nSPS) is 13.3. The molecule has 142 valence electrons. The van der Waals surface area contributed by atoms with Crippen LogP contribution in [0.25, 0.3) is 11.6 Å². The van der Waals surface area contributed by atoms with E-state index < -0.39 is 0 Å². The highest BCUT2D eigenvalue weighted by Gasteiger charge is 2.21. The highest BCUT2D eigenvalue weighted by Crippen LogP contribution is 2.27. The average Bonchev–Trinajstić information content (AvgIpc) is 3.35. The van der Waals surface area contributed by atoms with Crippen LogP contribution in [0.1, 0.15) is 32.3 Å². The molecule has 27 heavy (non-hydrogen) atoms. The van der Waals surface area contributed by atoms with Crippen molar-refractivity contribution in [3.63, 3.8) is 0 Å². The zero-order valence-electron chi connectivity index (χ0n) is 15.8. The molecule has 2 unspecified atom stereocenters. The fourth-order valence-corrected chi connectivity index (χ4v) is 3.69. The fourth-order valence-electron chi connectivity index (χ4n) is 2.76. The molecule has 2 heterocycles. The number of carbonyl (C=O) groups is 1. The van der Waals surface area contributed by atoms with Crippen LogP contribution in [0.4, 0.5) is 0 Å². The van der Waals surface area contributed by atoms with Crippen molar-refractivity contribution in [1.29, 1.82) is 0 Å². The minimum absolute atomic E-state index is 0.00650. The maximum absolute atomic E-state index is 12.5. The Morgan fingerprint density at radius 3 is 2.63 bits per heavy atom. The molecule has 2 atom stereocenters. The van der Waals surface area contributed by atoms with E-state index in [9.17, 15) is 4.79 Å². The molecule has 0 aliphatic rings. The van der Waals surface area contributed by atoms with E-state index in [1.807, 2.05) is 48.7 Å². The first-order chi connectivity index (χ1) is 13.1. The maximum Gasteiger partial charge on any atom is 0.233 e. The summed E-state index contributed by atoms with van der Waals surface area (Å²) in [7, 11) is 0. The summed E-state index contributed by atoms with van der Waals surface area (Å²) < 4.78 is 7.38. The number of nitrogens with one attached hydrogen (secondary N) is 1. The molecule has 0 fully saturated rings. The van der Waals surface area contributed by atoms with Crippen LogP contribution in [0.15, 0.2) is 58.3 Å². The van der Waals surface area contributed by atoms with E-state index in [0.717, 1.165) is 0 Å². The average molecular weight is 385 g/mol. The number of rotatable bonds is 8. The molecule has 0 saturated carbocycles. The van der Waals surface area contributed by atoms with Gasteiger partial charge in [0.05, 0.1) is 11.5 Å². The summed E-state index contributed by atoms with van der Waals surface area (Å²) in [6.07, 6.45) is 1.61. The Morgan fingerprint density at radius 2 is 1.96 bits per heavy atom. The Labute approximate surface area is 163 Å². The second-order valence-corrected chi connectivity index (χ2v) is 7.65. The van der Waals surface area contributed by atoms with Gasteiger partial charge in [0, 0.05) is 13.1 Å². The number of hydrogen-bond acceptors (Lipinski definition) is 5. The highest BCUT2D eigenvalue weighted by atomic mass is 32.2. The van der Waals surface area contributed by atoms with Gasteiger partial charge in [-0.1, -0.05) is 49.0 Å². The second-order valence-electron chi connectivity index (χ2n) is 6.34. The van der Waals surface area contributed by atoms with Crippen LogP contribution in [0.5, 0.6) is 0 Å². The number of furan rings is 1. The number of thioether (sulfide) groups is 1. The van der Waals surface area contributed by atoms with Gasteiger partial charge in [-0.25, -0.2) is 0 Å². The molecule has 3 rings (SSSR count).